The highest BCUT2D eigenvalue weighted by Gasteiger charge is 2.23. The summed E-state index contributed by atoms with van der Waals surface area (Å²) in [6.45, 7) is 3.90. The Labute approximate surface area is 145 Å². The van der Waals surface area contributed by atoms with Crippen molar-refractivity contribution in [1.29, 1.82) is 0 Å². The van der Waals surface area contributed by atoms with E-state index in [1.807, 2.05) is 0 Å². The van der Waals surface area contributed by atoms with Crippen molar-refractivity contribution in [2.24, 2.45) is 0 Å². The van der Waals surface area contributed by atoms with Crippen LogP contribution in [0.25, 0.3) is 6.08 Å². The summed E-state index contributed by atoms with van der Waals surface area (Å²) in [5.74, 6) is 2.15. The van der Waals surface area contributed by atoms with E-state index in [1.165, 1.54) is 21.3 Å². The van der Waals surface area contributed by atoms with E-state index in [1.54, 1.807) is 30.3 Å². The van der Waals surface area contributed by atoms with Gasteiger partial charge in [0.05, 0.1) is 21.3 Å². The molecule has 1 aliphatic heterocycles. The maximum atomic E-state index is 13.1. The highest BCUT2D eigenvalue weighted by Crippen LogP contribution is 2.40. The first kappa shape index (κ1) is 16.7. The van der Waals surface area contributed by atoms with Crippen LogP contribution in [0.2, 0.25) is 0 Å². The second-order valence-corrected chi connectivity index (χ2v) is 5.24. The van der Waals surface area contributed by atoms with Gasteiger partial charge in [0, 0.05) is 11.1 Å². The zero-order chi connectivity index (χ0) is 18.0. The molecule has 6 nitrogen and oxygen atoms in total. The first-order chi connectivity index (χ1) is 12.1. The number of carbonyl (C=O) groups excluding carboxylic acids is 1. The van der Waals surface area contributed by atoms with Gasteiger partial charge in [-0.3, -0.25) is 4.79 Å². The molecule has 2 aromatic rings. The molecule has 130 valence electrons. The second-order valence-electron chi connectivity index (χ2n) is 5.24. The summed E-state index contributed by atoms with van der Waals surface area (Å²) in [5, 5.41) is 0. The summed E-state index contributed by atoms with van der Waals surface area (Å²) in [6, 6.07) is 6.62. The lowest BCUT2D eigenvalue weighted by atomic mass is 9.97. The third-order valence-corrected chi connectivity index (χ3v) is 3.94. The molecule has 0 saturated heterocycles. The maximum absolute atomic E-state index is 13.1. The Bertz CT molecular complexity index is 815. The largest absolute Gasteiger partial charge is 0.493 e. The molecule has 0 bridgehead atoms. The molecule has 0 unspecified atom stereocenters. The fourth-order valence-corrected chi connectivity index (χ4v) is 2.69. The number of methoxy groups -OCH3 is 3. The van der Waals surface area contributed by atoms with Crippen LogP contribution in [0.4, 0.5) is 0 Å². The minimum Gasteiger partial charge on any atom is -0.493 e. The molecule has 0 amide bonds. The number of rotatable bonds is 6. The molecule has 6 heteroatoms. The van der Waals surface area contributed by atoms with Crippen LogP contribution in [0.3, 0.4) is 0 Å². The fourth-order valence-electron chi connectivity index (χ4n) is 2.69. The van der Waals surface area contributed by atoms with Crippen LogP contribution < -0.4 is 23.7 Å². The van der Waals surface area contributed by atoms with Gasteiger partial charge in [-0.1, -0.05) is 12.7 Å². The van der Waals surface area contributed by atoms with E-state index in [-0.39, 0.29) is 12.6 Å². The van der Waals surface area contributed by atoms with Gasteiger partial charge in [-0.2, -0.15) is 0 Å². The summed E-state index contributed by atoms with van der Waals surface area (Å²) >= 11 is 0. The van der Waals surface area contributed by atoms with Gasteiger partial charge in [0.2, 0.25) is 12.5 Å². The first-order valence-corrected chi connectivity index (χ1v) is 7.53. The molecule has 0 saturated carbocycles. The van der Waals surface area contributed by atoms with Crippen LogP contribution in [0.1, 0.15) is 21.5 Å². The topological polar surface area (TPSA) is 63.2 Å². The Morgan fingerprint density at radius 2 is 1.60 bits per heavy atom. The van der Waals surface area contributed by atoms with Gasteiger partial charge >= 0.3 is 0 Å². The molecule has 1 heterocycles. The molecule has 1 aliphatic rings. The summed E-state index contributed by atoms with van der Waals surface area (Å²) in [5.41, 5.74) is 1.51. The van der Waals surface area contributed by atoms with Gasteiger partial charge in [-0.05, 0) is 29.8 Å². The SMILES string of the molecule is C=Cc1cc2c(cc1C(=O)c1cc(OC)c(OC)c(OC)c1)OCO2. The molecule has 2 aromatic carbocycles. The van der Waals surface area contributed by atoms with Gasteiger partial charge in [0.25, 0.3) is 0 Å². The Morgan fingerprint density at radius 3 is 2.12 bits per heavy atom. The zero-order valence-corrected chi connectivity index (χ0v) is 14.3. The molecule has 0 N–H and O–H groups in total. The van der Waals surface area contributed by atoms with Gasteiger partial charge < -0.3 is 23.7 Å². The van der Waals surface area contributed by atoms with Crippen LogP contribution in [-0.4, -0.2) is 33.9 Å². The lowest BCUT2D eigenvalue weighted by Crippen LogP contribution is -2.06. The highest BCUT2D eigenvalue weighted by molar-refractivity contribution is 6.12. The minimum atomic E-state index is -0.215. The predicted molar refractivity (Wildman–Crippen MR) is 92.2 cm³/mol. The van der Waals surface area contributed by atoms with Crippen LogP contribution in [-0.2, 0) is 0 Å². The summed E-state index contributed by atoms with van der Waals surface area (Å²) in [4.78, 5) is 13.1. The Balaban J connectivity index is 2.11. The van der Waals surface area contributed by atoms with E-state index in [0.717, 1.165) is 0 Å². The van der Waals surface area contributed by atoms with Crippen molar-refractivity contribution in [3.8, 4) is 28.7 Å². The predicted octanol–water partition coefficient (Wildman–Crippen LogP) is 3.32. The summed E-state index contributed by atoms with van der Waals surface area (Å²) in [6.07, 6.45) is 1.60. The number of hydrogen-bond acceptors (Lipinski definition) is 6. The van der Waals surface area contributed by atoms with Gasteiger partial charge in [0.15, 0.2) is 28.8 Å². The van der Waals surface area contributed by atoms with Crippen molar-refractivity contribution in [3.63, 3.8) is 0 Å². The molecule has 0 aromatic heterocycles. The van der Waals surface area contributed by atoms with Crippen LogP contribution in [0.15, 0.2) is 30.8 Å². The average molecular weight is 342 g/mol. The lowest BCUT2D eigenvalue weighted by Gasteiger charge is -2.14. The third kappa shape index (κ3) is 2.87. The quantitative estimate of drug-likeness (QED) is 0.751. The van der Waals surface area contributed by atoms with E-state index in [4.69, 9.17) is 23.7 Å². The standard InChI is InChI=1S/C19H18O6/c1-5-11-6-14-15(25-10-24-14)9-13(11)18(20)12-7-16(21-2)19(23-4)17(8-12)22-3/h5-9H,1,10H2,2-4H3. The number of fused-ring (bicyclic) bond motifs is 1. The van der Waals surface area contributed by atoms with E-state index >= 15 is 0 Å². The maximum Gasteiger partial charge on any atom is 0.231 e. The van der Waals surface area contributed by atoms with Crippen molar-refractivity contribution in [2.75, 3.05) is 28.1 Å². The van der Waals surface area contributed by atoms with E-state index in [0.29, 0.717) is 45.4 Å². The molecule has 25 heavy (non-hydrogen) atoms. The van der Waals surface area contributed by atoms with Crippen LogP contribution in [0.5, 0.6) is 28.7 Å². The molecular weight excluding hydrogens is 324 g/mol. The van der Waals surface area contributed by atoms with E-state index in [2.05, 4.69) is 6.58 Å². The number of carbonyl (C=O) groups is 1. The van der Waals surface area contributed by atoms with Crippen LogP contribution in [0, 0.1) is 0 Å². The Hall–Kier alpha value is -3.15. The average Bonchev–Trinajstić information content (AvgIpc) is 3.12. The minimum absolute atomic E-state index is 0.133. The van der Waals surface area contributed by atoms with Crippen molar-refractivity contribution >= 4 is 11.9 Å². The van der Waals surface area contributed by atoms with E-state index in [9.17, 15) is 4.79 Å². The third-order valence-electron chi connectivity index (χ3n) is 3.94. The molecule has 0 radical (unpaired) electrons. The number of hydrogen-bond donors (Lipinski definition) is 0. The lowest BCUT2D eigenvalue weighted by molar-refractivity contribution is 0.103. The van der Waals surface area contributed by atoms with Crippen molar-refractivity contribution in [3.05, 3.63) is 47.5 Å². The number of ketones is 1. The second kappa shape index (κ2) is 6.76. The monoisotopic (exact) mass is 342 g/mol. The molecule has 3 rings (SSSR count). The van der Waals surface area contributed by atoms with Gasteiger partial charge in [-0.25, -0.2) is 0 Å². The van der Waals surface area contributed by atoms with Crippen molar-refractivity contribution < 1.29 is 28.5 Å². The fraction of sp³-hybridized carbons (Fsp3) is 0.211. The first-order valence-electron chi connectivity index (χ1n) is 7.53. The van der Waals surface area contributed by atoms with E-state index < -0.39 is 0 Å². The smallest absolute Gasteiger partial charge is 0.231 e. The molecule has 0 atom stereocenters. The zero-order valence-electron chi connectivity index (χ0n) is 14.3. The number of ether oxygens (including phenoxy) is 5. The van der Waals surface area contributed by atoms with Crippen molar-refractivity contribution in [1.82, 2.24) is 0 Å². The molecule has 0 spiro atoms. The van der Waals surface area contributed by atoms with Gasteiger partial charge in [0.1, 0.15) is 0 Å². The van der Waals surface area contributed by atoms with Gasteiger partial charge in [-0.15, -0.1) is 0 Å². The van der Waals surface area contributed by atoms with Crippen molar-refractivity contribution in [2.45, 2.75) is 0 Å². The molecule has 0 fully saturated rings. The van der Waals surface area contributed by atoms with Crippen LogP contribution >= 0.6 is 0 Å². The number of benzene rings is 2. The molecule has 0 aliphatic carbocycles. The summed E-state index contributed by atoms with van der Waals surface area (Å²) in [7, 11) is 4.51. The normalized spacial score (nSPS) is 11.8. The molecular formula is C19H18O6. The summed E-state index contributed by atoms with van der Waals surface area (Å²) < 4.78 is 26.6. The Kier molecular flexibility index (Phi) is 4.52. The highest BCUT2D eigenvalue weighted by atomic mass is 16.7. The Morgan fingerprint density at radius 1 is 1.00 bits per heavy atom.